The lowest BCUT2D eigenvalue weighted by Gasteiger charge is -2.36. The average Bonchev–Trinajstić information content (AvgIpc) is 3.00. The Kier molecular flexibility index (Phi) is 3.39. The van der Waals surface area contributed by atoms with Crippen LogP contribution in [0, 0.1) is 0 Å². The molecule has 22 heavy (non-hydrogen) atoms. The second-order valence-electron chi connectivity index (χ2n) is 5.43. The molecule has 2 aromatic carbocycles. The fraction of sp³-hybridized carbons (Fsp3) is 0.235. The number of hydrogen-bond donors (Lipinski definition) is 0. The van der Waals surface area contributed by atoms with Crippen LogP contribution in [0.1, 0.15) is 0 Å². The predicted molar refractivity (Wildman–Crippen MR) is 89.9 cm³/mol. The van der Waals surface area contributed by atoms with Gasteiger partial charge in [-0.15, -0.1) is 0 Å². The summed E-state index contributed by atoms with van der Waals surface area (Å²) in [6, 6.07) is 16.0. The summed E-state index contributed by atoms with van der Waals surface area (Å²) in [6.45, 7) is 3.65. The van der Waals surface area contributed by atoms with Crippen LogP contribution in [-0.4, -0.2) is 31.3 Å². The SMILES string of the molecule is Clc1ccccc1N1CCN(c2noc3ccccc23)CC1. The van der Waals surface area contributed by atoms with Gasteiger partial charge in [-0.05, 0) is 24.3 Å². The summed E-state index contributed by atoms with van der Waals surface area (Å²) in [5, 5.41) is 6.13. The van der Waals surface area contributed by atoms with Crippen molar-refractivity contribution >= 4 is 34.1 Å². The third-order valence-electron chi connectivity index (χ3n) is 4.13. The Morgan fingerprint density at radius 3 is 2.36 bits per heavy atom. The zero-order valence-electron chi connectivity index (χ0n) is 12.1. The number of anilines is 2. The van der Waals surface area contributed by atoms with Gasteiger partial charge in [0.2, 0.25) is 0 Å². The topological polar surface area (TPSA) is 32.5 Å². The second kappa shape index (κ2) is 5.54. The third kappa shape index (κ3) is 2.29. The van der Waals surface area contributed by atoms with Crippen molar-refractivity contribution in [3.05, 3.63) is 53.6 Å². The van der Waals surface area contributed by atoms with Crippen LogP contribution < -0.4 is 9.80 Å². The minimum absolute atomic E-state index is 0.808. The smallest absolute Gasteiger partial charge is 0.180 e. The highest BCUT2D eigenvalue weighted by molar-refractivity contribution is 6.33. The van der Waals surface area contributed by atoms with Gasteiger partial charge in [0.25, 0.3) is 0 Å². The molecule has 112 valence electrons. The number of fused-ring (bicyclic) bond motifs is 1. The standard InChI is InChI=1S/C17H16ClN3O/c18-14-6-2-3-7-15(14)20-9-11-21(12-10-20)17-13-5-1-4-8-16(13)22-19-17/h1-8H,9-12H2. The van der Waals surface area contributed by atoms with Gasteiger partial charge in [-0.1, -0.05) is 41.0 Å². The summed E-state index contributed by atoms with van der Waals surface area (Å²) in [6.07, 6.45) is 0. The van der Waals surface area contributed by atoms with Crippen molar-refractivity contribution in [2.45, 2.75) is 0 Å². The van der Waals surface area contributed by atoms with Gasteiger partial charge in [-0.25, -0.2) is 0 Å². The molecule has 0 radical (unpaired) electrons. The van der Waals surface area contributed by atoms with E-state index in [0.29, 0.717) is 0 Å². The molecule has 0 saturated carbocycles. The van der Waals surface area contributed by atoms with Crippen LogP contribution in [0.15, 0.2) is 53.1 Å². The summed E-state index contributed by atoms with van der Waals surface area (Å²) in [5.74, 6) is 0.939. The lowest BCUT2D eigenvalue weighted by atomic mass is 10.2. The molecule has 2 heterocycles. The van der Waals surface area contributed by atoms with Crippen LogP contribution in [0.5, 0.6) is 0 Å². The lowest BCUT2D eigenvalue weighted by Crippen LogP contribution is -2.46. The first-order valence-electron chi connectivity index (χ1n) is 7.42. The lowest BCUT2D eigenvalue weighted by molar-refractivity contribution is 0.453. The van der Waals surface area contributed by atoms with Gasteiger partial charge in [-0.2, -0.15) is 0 Å². The van der Waals surface area contributed by atoms with E-state index in [9.17, 15) is 0 Å². The highest BCUT2D eigenvalue weighted by Crippen LogP contribution is 2.29. The molecule has 4 rings (SSSR count). The number of piperazine rings is 1. The van der Waals surface area contributed by atoms with E-state index in [1.807, 2.05) is 36.4 Å². The fourth-order valence-electron chi connectivity index (χ4n) is 2.97. The second-order valence-corrected chi connectivity index (χ2v) is 5.84. The molecule has 1 aliphatic heterocycles. The molecular formula is C17H16ClN3O. The number of halogens is 1. The van der Waals surface area contributed by atoms with E-state index < -0.39 is 0 Å². The molecule has 1 saturated heterocycles. The summed E-state index contributed by atoms with van der Waals surface area (Å²) < 4.78 is 5.41. The highest BCUT2D eigenvalue weighted by Gasteiger charge is 2.22. The van der Waals surface area contributed by atoms with Gasteiger partial charge in [0.1, 0.15) is 0 Å². The number of para-hydroxylation sites is 2. The average molecular weight is 314 g/mol. The Morgan fingerprint density at radius 2 is 1.55 bits per heavy atom. The largest absolute Gasteiger partial charge is 0.367 e. The zero-order chi connectivity index (χ0) is 14.9. The molecule has 1 fully saturated rings. The number of nitrogens with zero attached hydrogens (tertiary/aromatic N) is 3. The zero-order valence-corrected chi connectivity index (χ0v) is 12.8. The van der Waals surface area contributed by atoms with Crippen molar-refractivity contribution in [2.75, 3.05) is 36.0 Å². The van der Waals surface area contributed by atoms with E-state index in [4.69, 9.17) is 16.1 Å². The first-order valence-corrected chi connectivity index (χ1v) is 7.79. The fourth-order valence-corrected chi connectivity index (χ4v) is 3.22. The van der Waals surface area contributed by atoms with Crippen molar-refractivity contribution in [1.29, 1.82) is 0 Å². The molecule has 0 spiro atoms. The van der Waals surface area contributed by atoms with Crippen LogP contribution in [0.25, 0.3) is 11.0 Å². The van der Waals surface area contributed by atoms with Crippen molar-refractivity contribution < 1.29 is 4.52 Å². The Balaban J connectivity index is 1.54. The van der Waals surface area contributed by atoms with E-state index in [1.165, 1.54) is 0 Å². The monoisotopic (exact) mass is 313 g/mol. The molecule has 3 aromatic rings. The van der Waals surface area contributed by atoms with Gasteiger partial charge < -0.3 is 14.3 Å². The van der Waals surface area contributed by atoms with Crippen LogP contribution >= 0.6 is 11.6 Å². The molecule has 1 aliphatic rings. The van der Waals surface area contributed by atoms with Gasteiger partial charge in [-0.3, -0.25) is 0 Å². The normalized spacial score (nSPS) is 15.5. The predicted octanol–water partition coefficient (Wildman–Crippen LogP) is 3.81. The van der Waals surface area contributed by atoms with E-state index >= 15 is 0 Å². The van der Waals surface area contributed by atoms with Crippen LogP contribution in [-0.2, 0) is 0 Å². The Hall–Kier alpha value is -2.20. The first-order chi connectivity index (χ1) is 10.8. The van der Waals surface area contributed by atoms with Crippen molar-refractivity contribution in [2.24, 2.45) is 0 Å². The van der Waals surface area contributed by atoms with E-state index in [0.717, 1.165) is 53.7 Å². The van der Waals surface area contributed by atoms with Crippen LogP contribution in [0.3, 0.4) is 0 Å². The minimum Gasteiger partial charge on any atom is -0.367 e. The van der Waals surface area contributed by atoms with Gasteiger partial charge in [0.15, 0.2) is 11.4 Å². The summed E-state index contributed by atoms with van der Waals surface area (Å²) in [7, 11) is 0. The maximum atomic E-state index is 6.29. The van der Waals surface area contributed by atoms with Crippen molar-refractivity contribution in [3.8, 4) is 0 Å². The number of rotatable bonds is 2. The summed E-state index contributed by atoms with van der Waals surface area (Å²) in [5.41, 5.74) is 1.94. The molecule has 0 amide bonds. The van der Waals surface area contributed by atoms with Gasteiger partial charge >= 0.3 is 0 Å². The molecule has 0 unspecified atom stereocenters. The van der Waals surface area contributed by atoms with E-state index in [-0.39, 0.29) is 0 Å². The molecule has 0 atom stereocenters. The van der Waals surface area contributed by atoms with Gasteiger partial charge in [0.05, 0.1) is 16.1 Å². The molecule has 1 aromatic heterocycles. The number of hydrogen-bond acceptors (Lipinski definition) is 4. The van der Waals surface area contributed by atoms with Crippen molar-refractivity contribution in [3.63, 3.8) is 0 Å². The third-order valence-corrected chi connectivity index (χ3v) is 4.45. The molecule has 4 nitrogen and oxygen atoms in total. The highest BCUT2D eigenvalue weighted by atomic mass is 35.5. The maximum Gasteiger partial charge on any atom is 0.180 e. The molecular weight excluding hydrogens is 298 g/mol. The molecule has 0 aliphatic carbocycles. The van der Waals surface area contributed by atoms with E-state index in [1.54, 1.807) is 0 Å². The van der Waals surface area contributed by atoms with Crippen LogP contribution in [0.4, 0.5) is 11.5 Å². The molecule has 5 heteroatoms. The minimum atomic E-state index is 0.808. The molecule has 0 N–H and O–H groups in total. The maximum absolute atomic E-state index is 6.29. The Bertz CT molecular complexity index is 793. The Labute approximate surface area is 133 Å². The number of benzene rings is 2. The van der Waals surface area contributed by atoms with E-state index in [2.05, 4.69) is 27.1 Å². The first kappa shape index (κ1) is 13.5. The Morgan fingerprint density at radius 1 is 0.864 bits per heavy atom. The van der Waals surface area contributed by atoms with Crippen molar-refractivity contribution in [1.82, 2.24) is 5.16 Å². The van der Waals surface area contributed by atoms with Gasteiger partial charge in [0, 0.05) is 26.2 Å². The summed E-state index contributed by atoms with van der Waals surface area (Å²) >= 11 is 6.29. The quantitative estimate of drug-likeness (QED) is 0.720. The van der Waals surface area contributed by atoms with Crippen LogP contribution in [0.2, 0.25) is 5.02 Å². The molecule has 0 bridgehead atoms. The number of aromatic nitrogens is 1. The summed E-state index contributed by atoms with van der Waals surface area (Å²) in [4.78, 5) is 4.60.